The van der Waals surface area contributed by atoms with Crippen LogP contribution in [0.3, 0.4) is 0 Å². The van der Waals surface area contributed by atoms with Gasteiger partial charge in [0.15, 0.2) is 0 Å². The summed E-state index contributed by atoms with van der Waals surface area (Å²) in [5, 5.41) is 22.9. The fourth-order valence-electron chi connectivity index (χ4n) is 1.83. The van der Waals surface area contributed by atoms with Crippen molar-refractivity contribution in [2.45, 2.75) is 44.8 Å². The van der Waals surface area contributed by atoms with E-state index in [2.05, 4.69) is 0 Å². The number of hydrogen-bond acceptors (Lipinski definition) is 4. The predicted molar refractivity (Wildman–Crippen MR) is 46.7 cm³/mol. The molecule has 0 bridgehead atoms. The Morgan fingerprint density at radius 1 is 1.33 bits per heavy atom. The van der Waals surface area contributed by atoms with Crippen LogP contribution in [-0.2, 0) is 0 Å². The van der Waals surface area contributed by atoms with Crippen molar-refractivity contribution in [1.29, 1.82) is 0 Å². The van der Waals surface area contributed by atoms with E-state index in [1.165, 1.54) is 5.06 Å². The van der Waals surface area contributed by atoms with Crippen LogP contribution in [-0.4, -0.2) is 40.5 Å². The quantitative estimate of drug-likeness (QED) is 0.602. The lowest BCUT2D eigenvalue weighted by Gasteiger charge is -2.48. The molecule has 1 aliphatic heterocycles. The first-order valence-corrected chi connectivity index (χ1v) is 4.39. The fraction of sp³-hybridized carbons (Fsp3) is 1.00. The Morgan fingerprint density at radius 3 is 2.08 bits per heavy atom. The molecular formula is C8H17N2O2-. The van der Waals surface area contributed by atoms with Crippen molar-refractivity contribution in [2.75, 3.05) is 7.05 Å². The van der Waals surface area contributed by atoms with Crippen LogP contribution in [0, 0.1) is 5.21 Å². The van der Waals surface area contributed by atoms with Gasteiger partial charge in [0.25, 0.3) is 0 Å². The number of nitrogens with zero attached hydrogens (tertiary/aromatic N) is 2. The minimum atomic E-state index is 0.0216. The van der Waals surface area contributed by atoms with E-state index in [0.29, 0.717) is 0 Å². The van der Waals surface area contributed by atoms with Gasteiger partial charge in [-0.3, -0.25) is 0 Å². The normalized spacial score (nSPS) is 39.0. The zero-order valence-electron chi connectivity index (χ0n) is 7.90. The molecule has 1 heterocycles. The lowest BCUT2D eigenvalue weighted by molar-refractivity contribution is -0.124. The largest absolute Gasteiger partial charge is 0.785 e. The Labute approximate surface area is 73.3 Å². The molecule has 1 fully saturated rings. The van der Waals surface area contributed by atoms with E-state index >= 15 is 0 Å². The highest BCUT2D eigenvalue weighted by atomic mass is 16.5. The molecule has 4 nitrogen and oxygen atoms in total. The molecule has 0 radical (unpaired) electrons. The van der Waals surface area contributed by atoms with Crippen molar-refractivity contribution in [2.24, 2.45) is 0 Å². The lowest BCUT2D eigenvalue weighted by Crippen LogP contribution is -2.49. The van der Waals surface area contributed by atoms with E-state index in [1.807, 2.05) is 13.8 Å². The van der Waals surface area contributed by atoms with Crippen molar-refractivity contribution < 1.29 is 5.21 Å². The fourth-order valence-corrected chi connectivity index (χ4v) is 1.83. The third-order valence-electron chi connectivity index (χ3n) is 2.62. The molecule has 72 valence electrons. The molecule has 1 aliphatic rings. The first kappa shape index (κ1) is 9.92. The second kappa shape index (κ2) is 3.70. The van der Waals surface area contributed by atoms with Crippen LogP contribution in [0.2, 0.25) is 0 Å². The standard InChI is InChI=1S/C8H17N2O2/c1-6-4-8(9(3)11)5-7(2)10(6)12/h6-8,11H,4-5H2,1-3H3/q-1. The van der Waals surface area contributed by atoms with E-state index in [-0.39, 0.29) is 18.1 Å². The van der Waals surface area contributed by atoms with Gasteiger partial charge in [-0.2, -0.15) is 5.06 Å². The van der Waals surface area contributed by atoms with Crippen LogP contribution in [0.4, 0.5) is 0 Å². The average Bonchev–Trinajstić information content (AvgIpc) is 1.99. The molecule has 0 aromatic rings. The van der Waals surface area contributed by atoms with Crippen LogP contribution < -0.4 is 0 Å². The maximum atomic E-state index is 11.3. The predicted octanol–water partition coefficient (Wildman–Crippen LogP) is 1.05. The minimum absolute atomic E-state index is 0.0216. The second-order valence-electron chi connectivity index (χ2n) is 3.76. The SMILES string of the molecule is CC1CC(N(C)O)CC(C)N1[O-]. The summed E-state index contributed by atoms with van der Waals surface area (Å²) >= 11 is 0. The van der Waals surface area contributed by atoms with Gasteiger partial charge in [0.1, 0.15) is 0 Å². The Hall–Kier alpha value is -0.160. The Balaban J connectivity index is 2.53. The first-order chi connectivity index (χ1) is 5.52. The highest BCUT2D eigenvalue weighted by molar-refractivity contribution is 4.87. The van der Waals surface area contributed by atoms with Crippen LogP contribution in [0.25, 0.3) is 0 Å². The molecule has 0 spiro atoms. The molecule has 0 aromatic carbocycles. The van der Waals surface area contributed by atoms with E-state index in [1.54, 1.807) is 7.05 Å². The van der Waals surface area contributed by atoms with Gasteiger partial charge in [-0.15, -0.1) is 0 Å². The van der Waals surface area contributed by atoms with Gasteiger partial charge in [-0.1, -0.05) is 13.8 Å². The number of hydroxylamine groups is 4. The van der Waals surface area contributed by atoms with Crippen LogP contribution >= 0.6 is 0 Å². The molecule has 1 saturated heterocycles. The first-order valence-electron chi connectivity index (χ1n) is 4.39. The Morgan fingerprint density at radius 2 is 1.75 bits per heavy atom. The van der Waals surface area contributed by atoms with Crippen LogP contribution in [0.15, 0.2) is 0 Å². The molecule has 4 heteroatoms. The highest BCUT2D eigenvalue weighted by Gasteiger charge is 2.27. The molecule has 0 aromatic heterocycles. The molecule has 2 atom stereocenters. The van der Waals surface area contributed by atoms with Gasteiger partial charge < -0.3 is 15.5 Å². The molecule has 0 aliphatic carbocycles. The second-order valence-corrected chi connectivity index (χ2v) is 3.76. The summed E-state index contributed by atoms with van der Waals surface area (Å²) in [5.74, 6) is 0. The third-order valence-corrected chi connectivity index (χ3v) is 2.62. The van der Waals surface area contributed by atoms with Gasteiger partial charge in [0.05, 0.1) is 0 Å². The summed E-state index contributed by atoms with van der Waals surface area (Å²) in [6.45, 7) is 3.80. The van der Waals surface area contributed by atoms with E-state index in [0.717, 1.165) is 17.9 Å². The zero-order chi connectivity index (χ0) is 9.30. The monoisotopic (exact) mass is 173 g/mol. The summed E-state index contributed by atoms with van der Waals surface area (Å²) in [6, 6.07) is 0.182. The van der Waals surface area contributed by atoms with Crippen molar-refractivity contribution in [3.05, 3.63) is 5.21 Å². The number of hydrogen-bond donors (Lipinski definition) is 1. The molecule has 0 amide bonds. The molecule has 0 saturated carbocycles. The maximum absolute atomic E-state index is 11.3. The highest BCUT2D eigenvalue weighted by Crippen LogP contribution is 2.23. The van der Waals surface area contributed by atoms with E-state index in [4.69, 9.17) is 0 Å². The van der Waals surface area contributed by atoms with Crippen molar-refractivity contribution in [3.8, 4) is 0 Å². The minimum Gasteiger partial charge on any atom is -0.785 e. The van der Waals surface area contributed by atoms with Crippen molar-refractivity contribution >= 4 is 0 Å². The van der Waals surface area contributed by atoms with Gasteiger partial charge in [0.2, 0.25) is 0 Å². The third kappa shape index (κ3) is 1.95. The number of rotatable bonds is 1. The van der Waals surface area contributed by atoms with Crippen LogP contribution in [0.1, 0.15) is 26.7 Å². The van der Waals surface area contributed by atoms with Gasteiger partial charge in [-0.05, 0) is 24.9 Å². The summed E-state index contributed by atoms with van der Waals surface area (Å²) in [6.07, 6.45) is 1.50. The molecular weight excluding hydrogens is 156 g/mol. The summed E-state index contributed by atoms with van der Waals surface area (Å²) in [4.78, 5) is 0. The topological polar surface area (TPSA) is 49.8 Å². The van der Waals surface area contributed by atoms with Crippen LogP contribution in [0.5, 0.6) is 0 Å². The maximum Gasteiger partial charge on any atom is 0.0376 e. The smallest absolute Gasteiger partial charge is 0.0376 e. The summed E-state index contributed by atoms with van der Waals surface area (Å²) < 4.78 is 0. The van der Waals surface area contributed by atoms with Gasteiger partial charge >= 0.3 is 0 Å². The zero-order valence-corrected chi connectivity index (χ0v) is 7.90. The van der Waals surface area contributed by atoms with Gasteiger partial charge in [-0.25, -0.2) is 0 Å². The number of piperidine rings is 1. The van der Waals surface area contributed by atoms with Crippen molar-refractivity contribution in [3.63, 3.8) is 0 Å². The molecule has 1 rings (SSSR count). The average molecular weight is 173 g/mol. The summed E-state index contributed by atoms with van der Waals surface area (Å²) in [7, 11) is 1.64. The lowest BCUT2D eigenvalue weighted by atomic mass is 9.95. The van der Waals surface area contributed by atoms with E-state index < -0.39 is 0 Å². The Bertz CT molecular complexity index is 140. The Kier molecular flexibility index (Phi) is 3.06. The molecule has 12 heavy (non-hydrogen) atoms. The van der Waals surface area contributed by atoms with E-state index in [9.17, 15) is 10.4 Å². The van der Waals surface area contributed by atoms with Gasteiger partial charge in [0, 0.05) is 13.1 Å². The van der Waals surface area contributed by atoms with Crippen molar-refractivity contribution in [1.82, 2.24) is 10.1 Å². The summed E-state index contributed by atoms with van der Waals surface area (Å²) in [5.41, 5.74) is 0. The molecule has 1 N–H and O–H groups in total. The molecule has 2 unspecified atom stereocenters.